The van der Waals surface area contributed by atoms with E-state index in [4.69, 9.17) is 4.74 Å². The molecule has 2 aromatic carbocycles. The highest BCUT2D eigenvalue weighted by Gasteiger charge is 2.68. The molecule has 5 rings (SSSR count). The fourth-order valence-corrected chi connectivity index (χ4v) is 5.72. The van der Waals surface area contributed by atoms with Crippen molar-refractivity contribution < 1.29 is 23.8 Å². The van der Waals surface area contributed by atoms with Gasteiger partial charge in [-0.2, -0.15) is 0 Å². The predicted octanol–water partition coefficient (Wildman–Crippen LogP) is 2.43. The van der Waals surface area contributed by atoms with E-state index in [1.807, 2.05) is 35.2 Å². The quantitative estimate of drug-likeness (QED) is 0.796. The molecule has 0 aromatic heterocycles. The van der Waals surface area contributed by atoms with E-state index in [1.54, 1.807) is 11.0 Å². The second-order valence-corrected chi connectivity index (χ2v) is 9.01. The Kier molecular flexibility index (Phi) is 5.47. The summed E-state index contributed by atoms with van der Waals surface area (Å²) in [6.07, 6.45) is 1.34. The van der Waals surface area contributed by atoms with E-state index >= 15 is 0 Å². The van der Waals surface area contributed by atoms with Crippen LogP contribution in [0.25, 0.3) is 0 Å². The van der Waals surface area contributed by atoms with Gasteiger partial charge in [-0.25, -0.2) is 4.39 Å². The van der Waals surface area contributed by atoms with Gasteiger partial charge in [0.1, 0.15) is 5.82 Å². The van der Waals surface area contributed by atoms with Gasteiger partial charge in [0.25, 0.3) is 5.91 Å². The van der Waals surface area contributed by atoms with Gasteiger partial charge in [0.05, 0.1) is 18.2 Å². The first-order chi connectivity index (χ1) is 15.5. The van der Waals surface area contributed by atoms with Gasteiger partial charge in [0.15, 0.2) is 0 Å². The van der Waals surface area contributed by atoms with Crippen LogP contribution < -0.4 is 0 Å². The van der Waals surface area contributed by atoms with Crippen molar-refractivity contribution in [2.24, 2.45) is 5.92 Å². The Hall–Kier alpha value is -2.77. The van der Waals surface area contributed by atoms with Gasteiger partial charge >= 0.3 is 0 Å². The van der Waals surface area contributed by atoms with Crippen LogP contribution in [0.3, 0.4) is 0 Å². The van der Waals surface area contributed by atoms with Gasteiger partial charge in [-0.1, -0.05) is 36.4 Å². The molecular formula is C25H27FN2O4. The molecule has 0 unspecified atom stereocenters. The predicted molar refractivity (Wildman–Crippen MR) is 115 cm³/mol. The Bertz CT molecular complexity index is 1000. The summed E-state index contributed by atoms with van der Waals surface area (Å²) in [5, 5.41) is 10.2. The van der Waals surface area contributed by atoms with Crippen LogP contribution in [0.15, 0.2) is 54.6 Å². The summed E-state index contributed by atoms with van der Waals surface area (Å²) in [5.74, 6) is -0.841. The van der Waals surface area contributed by atoms with Gasteiger partial charge in [-0.05, 0) is 36.6 Å². The molecule has 168 valence electrons. The van der Waals surface area contributed by atoms with Gasteiger partial charge in [0.2, 0.25) is 5.91 Å². The normalized spacial score (nSPS) is 24.7. The number of carbonyl (C=O) groups is 2. The number of aliphatic hydroxyl groups excluding tert-OH is 1. The first-order valence-corrected chi connectivity index (χ1v) is 11.2. The third-order valence-corrected chi connectivity index (χ3v) is 7.22. The third kappa shape index (κ3) is 3.31. The van der Waals surface area contributed by atoms with Gasteiger partial charge in [0, 0.05) is 43.7 Å². The van der Waals surface area contributed by atoms with Crippen LogP contribution in [0.5, 0.6) is 0 Å². The maximum absolute atomic E-state index is 13.6. The highest BCUT2D eigenvalue weighted by atomic mass is 19.1. The molecule has 2 amide bonds. The first-order valence-electron chi connectivity index (χ1n) is 11.2. The summed E-state index contributed by atoms with van der Waals surface area (Å²) in [4.78, 5) is 30.0. The molecule has 1 spiro atoms. The minimum absolute atomic E-state index is 0.0392. The smallest absolute Gasteiger partial charge is 0.254 e. The lowest BCUT2D eigenvalue weighted by Crippen LogP contribution is -2.86. The van der Waals surface area contributed by atoms with Crippen molar-refractivity contribution in [1.29, 1.82) is 0 Å². The number of likely N-dealkylation sites (tertiary alicyclic amines) is 2. The molecule has 0 bridgehead atoms. The van der Waals surface area contributed by atoms with Gasteiger partial charge < -0.3 is 19.6 Å². The SMILES string of the molecule is O=C(c1cccc(F)c1)N1CC2(C1)[C@@H](c1ccccc1)[C@@H](CO)N2C(=O)C1CCOCC1. The molecule has 1 N–H and O–H groups in total. The van der Waals surface area contributed by atoms with Crippen LogP contribution in [0.1, 0.15) is 34.7 Å². The van der Waals surface area contributed by atoms with Crippen molar-refractivity contribution in [3.63, 3.8) is 0 Å². The zero-order valence-corrected chi connectivity index (χ0v) is 17.8. The van der Waals surface area contributed by atoms with E-state index in [9.17, 15) is 19.1 Å². The van der Waals surface area contributed by atoms with E-state index in [0.29, 0.717) is 44.7 Å². The van der Waals surface area contributed by atoms with Crippen molar-refractivity contribution >= 4 is 11.8 Å². The number of benzene rings is 2. The number of rotatable bonds is 4. The van der Waals surface area contributed by atoms with Crippen molar-refractivity contribution in [1.82, 2.24) is 9.80 Å². The largest absolute Gasteiger partial charge is 0.394 e. The lowest BCUT2D eigenvalue weighted by Gasteiger charge is -2.71. The van der Waals surface area contributed by atoms with Crippen molar-refractivity contribution in [2.75, 3.05) is 32.9 Å². The number of nitrogens with zero attached hydrogens (tertiary/aromatic N) is 2. The molecule has 3 aliphatic heterocycles. The molecule has 3 fully saturated rings. The molecule has 0 saturated carbocycles. The van der Waals surface area contributed by atoms with E-state index in [1.165, 1.54) is 18.2 Å². The molecule has 7 heteroatoms. The van der Waals surface area contributed by atoms with Crippen LogP contribution in [0.4, 0.5) is 4.39 Å². The highest BCUT2D eigenvalue weighted by molar-refractivity contribution is 5.95. The third-order valence-electron chi connectivity index (χ3n) is 7.22. The first kappa shape index (κ1) is 21.1. The summed E-state index contributed by atoms with van der Waals surface area (Å²) < 4.78 is 19.1. The standard InChI is InChI=1S/C25H27FN2O4/c26-20-8-4-7-19(13-20)23(30)27-15-25(16-27)22(17-5-2-1-3-6-17)21(14-29)28(25)24(31)18-9-11-32-12-10-18/h1-8,13,18,21-22,29H,9-12,14-16H2/t21-,22+/m1/s1. The summed E-state index contributed by atoms with van der Waals surface area (Å²) in [7, 11) is 0. The van der Waals surface area contributed by atoms with Gasteiger partial charge in [-0.3, -0.25) is 9.59 Å². The number of halogens is 1. The second-order valence-electron chi connectivity index (χ2n) is 9.01. The van der Waals surface area contributed by atoms with Crippen LogP contribution in [0.2, 0.25) is 0 Å². The molecule has 2 aromatic rings. The van der Waals surface area contributed by atoms with Crippen LogP contribution >= 0.6 is 0 Å². The molecule has 3 saturated heterocycles. The van der Waals surface area contributed by atoms with Crippen molar-refractivity contribution in [2.45, 2.75) is 30.3 Å². The average Bonchev–Trinajstić information content (AvgIpc) is 2.79. The maximum Gasteiger partial charge on any atom is 0.254 e. The number of aliphatic hydroxyl groups is 1. The molecule has 32 heavy (non-hydrogen) atoms. The zero-order valence-electron chi connectivity index (χ0n) is 17.8. The lowest BCUT2D eigenvalue weighted by atomic mass is 9.60. The van der Waals surface area contributed by atoms with Crippen molar-refractivity contribution in [3.05, 3.63) is 71.5 Å². The summed E-state index contributed by atoms with van der Waals surface area (Å²) >= 11 is 0. The Balaban J connectivity index is 1.43. The number of hydrogen-bond donors (Lipinski definition) is 1. The van der Waals surface area contributed by atoms with Crippen molar-refractivity contribution in [3.8, 4) is 0 Å². The summed E-state index contributed by atoms with van der Waals surface area (Å²) in [6.45, 7) is 1.73. The minimum atomic E-state index is -0.548. The van der Waals surface area contributed by atoms with E-state index in [-0.39, 0.29) is 36.3 Å². The molecule has 0 aliphatic carbocycles. The summed E-state index contributed by atoms with van der Waals surface area (Å²) in [6, 6.07) is 15.2. The number of amides is 2. The fraction of sp³-hybridized carbons (Fsp3) is 0.440. The Morgan fingerprint density at radius 2 is 1.78 bits per heavy atom. The average molecular weight is 438 g/mol. The minimum Gasteiger partial charge on any atom is -0.394 e. The fourth-order valence-electron chi connectivity index (χ4n) is 5.72. The second kappa shape index (κ2) is 8.30. The topological polar surface area (TPSA) is 70.1 Å². The number of ether oxygens (including phenoxy) is 1. The Morgan fingerprint density at radius 3 is 2.44 bits per heavy atom. The lowest BCUT2D eigenvalue weighted by molar-refractivity contribution is -0.199. The van der Waals surface area contributed by atoms with Crippen LogP contribution in [-0.2, 0) is 9.53 Å². The van der Waals surface area contributed by atoms with Crippen LogP contribution in [0, 0.1) is 11.7 Å². The molecule has 3 aliphatic rings. The van der Waals surface area contributed by atoms with E-state index in [2.05, 4.69) is 0 Å². The Morgan fingerprint density at radius 1 is 1.06 bits per heavy atom. The summed E-state index contributed by atoms with van der Waals surface area (Å²) in [5.41, 5.74) is 0.810. The number of carbonyl (C=O) groups excluding carboxylic acids is 2. The van der Waals surface area contributed by atoms with E-state index < -0.39 is 11.4 Å². The molecule has 3 heterocycles. The molecule has 6 nitrogen and oxygen atoms in total. The monoisotopic (exact) mass is 438 g/mol. The van der Waals surface area contributed by atoms with E-state index in [0.717, 1.165) is 5.56 Å². The molecular weight excluding hydrogens is 411 g/mol. The zero-order chi connectivity index (χ0) is 22.3. The molecule has 0 radical (unpaired) electrons. The Labute approximate surface area is 186 Å². The highest BCUT2D eigenvalue weighted by Crippen LogP contribution is 2.54. The van der Waals surface area contributed by atoms with Gasteiger partial charge in [-0.15, -0.1) is 0 Å². The molecule has 2 atom stereocenters. The maximum atomic E-state index is 13.6. The van der Waals surface area contributed by atoms with Crippen LogP contribution in [-0.4, -0.2) is 71.2 Å². The number of hydrogen-bond acceptors (Lipinski definition) is 4.